The molecule has 152 valence electrons. The second-order valence-electron chi connectivity index (χ2n) is 6.44. The van der Waals surface area contributed by atoms with E-state index in [2.05, 4.69) is 20.6 Å². The highest BCUT2D eigenvalue weighted by molar-refractivity contribution is 5.92. The summed E-state index contributed by atoms with van der Waals surface area (Å²) in [4.78, 5) is 32.1. The number of carbonyl (C=O) groups excluding carboxylic acids is 2. The molecule has 1 aliphatic rings. The van der Waals surface area contributed by atoms with E-state index in [1.807, 2.05) is 0 Å². The van der Waals surface area contributed by atoms with E-state index in [1.54, 1.807) is 30.4 Å². The molecule has 0 saturated heterocycles. The highest BCUT2D eigenvalue weighted by Gasteiger charge is 2.29. The molecule has 3 atom stereocenters. The lowest BCUT2D eigenvalue weighted by atomic mass is 10.0. The van der Waals surface area contributed by atoms with Crippen LogP contribution >= 0.6 is 0 Å². The van der Waals surface area contributed by atoms with E-state index in [0.29, 0.717) is 5.56 Å². The van der Waals surface area contributed by atoms with E-state index in [4.69, 9.17) is 4.74 Å². The van der Waals surface area contributed by atoms with Crippen molar-refractivity contribution in [1.82, 2.24) is 20.6 Å². The van der Waals surface area contributed by atoms with Crippen LogP contribution in [0.3, 0.4) is 0 Å². The van der Waals surface area contributed by atoms with Gasteiger partial charge in [0.15, 0.2) is 0 Å². The quantitative estimate of drug-likeness (QED) is 0.591. The van der Waals surface area contributed by atoms with E-state index in [-0.39, 0.29) is 37.0 Å². The molecule has 2 heterocycles. The molecule has 0 saturated carbocycles. The van der Waals surface area contributed by atoms with E-state index >= 15 is 0 Å². The fourth-order valence-electron chi connectivity index (χ4n) is 2.87. The maximum atomic E-state index is 13.6. The Labute approximate surface area is 166 Å². The molecule has 0 radical (unpaired) electrons. The molecule has 29 heavy (non-hydrogen) atoms. The number of hydrogen-bond donors (Lipinski definition) is 3. The predicted molar refractivity (Wildman–Crippen MR) is 101 cm³/mol. The number of hydrogen-bond acceptors (Lipinski definition) is 6. The van der Waals surface area contributed by atoms with Crippen LogP contribution in [0, 0.1) is 5.82 Å². The van der Waals surface area contributed by atoms with E-state index in [1.165, 1.54) is 24.7 Å². The number of aromatic nitrogens is 2. The molecule has 3 rings (SSSR count). The van der Waals surface area contributed by atoms with Gasteiger partial charge in [-0.15, -0.1) is 0 Å². The molecule has 8 nitrogen and oxygen atoms in total. The van der Waals surface area contributed by atoms with Gasteiger partial charge in [0, 0.05) is 24.5 Å². The van der Waals surface area contributed by atoms with Crippen LogP contribution < -0.4 is 10.6 Å². The zero-order chi connectivity index (χ0) is 20.6. The standard InChI is InChI=1S/C20H21FN4O4/c21-15-4-2-1-3-13(15)10-24-19(27)9-14-5-6-16(18(12-26)29-14)25-20(28)17-11-22-7-8-23-17/h1-8,11,14,16,18,26H,9-10,12H2,(H,24,27)(H,25,28)/t14-,16+,18-/m0/s1. The minimum absolute atomic E-state index is 0.00623. The van der Waals surface area contributed by atoms with E-state index in [9.17, 15) is 19.1 Å². The van der Waals surface area contributed by atoms with Crippen LogP contribution in [0.1, 0.15) is 22.5 Å². The van der Waals surface area contributed by atoms with Gasteiger partial charge in [-0.25, -0.2) is 9.37 Å². The molecule has 2 aromatic rings. The van der Waals surface area contributed by atoms with Crippen molar-refractivity contribution in [2.45, 2.75) is 31.2 Å². The first kappa shape index (κ1) is 20.6. The van der Waals surface area contributed by atoms with Crippen molar-refractivity contribution >= 4 is 11.8 Å². The van der Waals surface area contributed by atoms with Gasteiger partial charge in [-0.1, -0.05) is 30.4 Å². The first-order valence-electron chi connectivity index (χ1n) is 9.08. The van der Waals surface area contributed by atoms with Crippen LogP contribution in [-0.4, -0.2) is 51.7 Å². The monoisotopic (exact) mass is 400 g/mol. The number of aliphatic hydroxyl groups is 1. The largest absolute Gasteiger partial charge is 0.394 e. The average molecular weight is 400 g/mol. The van der Waals surface area contributed by atoms with E-state index < -0.39 is 24.2 Å². The van der Waals surface area contributed by atoms with Crippen molar-refractivity contribution < 1.29 is 23.8 Å². The van der Waals surface area contributed by atoms with Gasteiger partial charge in [0.1, 0.15) is 17.6 Å². The van der Waals surface area contributed by atoms with Gasteiger partial charge in [-0.05, 0) is 6.07 Å². The minimum Gasteiger partial charge on any atom is -0.394 e. The van der Waals surface area contributed by atoms with Crippen molar-refractivity contribution in [3.05, 3.63) is 72.1 Å². The molecule has 3 N–H and O–H groups in total. The van der Waals surface area contributed by atoms with Gasteiger partial charge in [-0.3, -0.25) is 14.6 Å². The molecule has 1 aliphatic heterocycles. The fourth-order valence-corrected chi connectivity index (χ4v) is 2.87. The molecule has 2 amide bonds. The summed E-state index contributed by atoms with van der Waals surface area (Å²) in [5.74, 6) is -1.15. The normalized spacial score (nSPS) is 20.8. The number of ether oxygens (including phenoxy) is 1. The highest BCUT2D eigenvalue weighted by atomic mass is 19.1. The Kier molecular flexibility index (Phi) is 6.99. The lowest BCUT2D eigenvalue weighted by molar-refractivity contribution is -0.125. The van der Waals surface area contributed by atoms with Gasteiger partial charge in [-0.2, -0.15) is 0 Å². The summed E-state index contributed by atoms with van der Waals surface area (Å²) in [5.41, 5.74) is 0.535. The van der Waals surface area contributed by atoms with Gasteiger partial charge < -0.3 is 20.5 Å². The van der Waals surface area contributed by atoms with Crippen molar-refractivity contribution in [2.24, 2.45) is 0 Å². The fraction of sp³-hybridized carbons (Fsp3) is 0.300. The third-order valence-corrected chi connectivity index (χ3v) is 4.38. The van der Waals surface area contributed by atoms with Crippen LogP contribution in [0.25, 0.3) is 0 Å². The molecule has 1 aromatic heterocycles. The van der Waals surface area contributed by atoms with Gasteiger partial charge in [0.2, 0.25) is 5.91 Å². The van der Waals surface area contributed by atoms with Gasteiger partial charge in [0.25, 0.3) is 5.91 Å². The SMILES string of the molecule is O=C(C[C@@H]1C=C[C@@H](NC(=O)c2cnccn2)[C@H](CO)O1)NCc1ccccc1F. The Morgan fingerprint density at radius 1 is 1.21 bits per heavy atom. The number of benzene rings is 1. The van der Waals surface area contributed by atoms with Gasteiger partial charge >= 0.3 is 0 Å². The molecule has 0 aliphatic carbocycles. The Morgan fingerprint density at radius 3 is 2.76 bits per heavy atom. The summed E-state index contributed by atoms with van der Waals surface area (Å²) in [7, 11) is 0. The topological polar surface area (TPSA) is 113 Å². The Hall–Kier alpha value is -3.17. The molecule has 0 fully saturated rings. The number of halogens is 1. The molecular formula is C20H21FN4O4. The first-order valence-corrected chi connectivity index (χ1v) is 9.08. The Morgan fingerprint density at radius 2 is 2.03 bits per heavy atom. The molecule has 1 aromatic carbocycles. The summed E-state index contributed by atoms with van der Waals surface area (Å²) in [6, 6.07) is 5.62. The number of carbonyl (C=O) groups is 2. The lowest BCUT2D eigenvalue weighted by Gasteiger charge is -2.31. The zero-order valence-electron chi connectivity index (χ0n) is 15.5. The molecule has 0 spiro atoms. The van der Waals surface area contributed by atoms with Gasteiger partial charge in [0.05, 0.1) is 31.4 Å². The van der Waals surface area contributed by atoms with Crippen molar-refractivity contribution in [3.63, 3.8) is 0 Å². The molecule has 0 bridgehead atoms. The zero-order valence-corrected chi connectivity index (χ0v) is 15.5. The van der Waals surface area contributed by atoms with E-state index in [0.717, 1.165) is 0 Å². The van der Waals surface area contributed by atoms with Crippen molar-refractivity contribution in [1.29, 1.82) is 0 Å². The predicted octanol–water partition coefficient (Wildman–Crippen LogP) is 0.737. The summed E-state index contributed by atoms with van der Waals surface area (Å²) in [6.45, 7) is -0.273. The number of nitrogens with one attached hydrogen (secondary N) is 2. The second kappa shape index (κ2) is 9.85. The number of rotatable bonds is 7. The first-order chi connectivity index (χ1) is 14.1. The van der Waals surface area contributed by atoms with Crippen molar-refractivity contribution in [3.8, 4) is 0 Å². The summed E-state index contributed by atoms with van der Waals surface area (Å²) in [6.07, 6.45) is 6.23. The van der Waals surface area contributed by atoms with Crippen LogP contribution in [0.2, 0.25) is 0 Å². The highest BCUT2D eigenvalue weighted by Crippen LogP contribution is 2.16. The molecular weight excluding hydrogens is 379 g/mol. The summed E-state index contributed by atoms with van der Waals surface area (Å²) in [5, 5.41) is 15.0. The Balaban J connectivity index is 1.53. The maximum absolute atomic E-state index is 13.6. The smallest absolute Gasteiger partial charge is 0.272 e. The maximum Gasteiger partial charge on any atom is 0.272 e. The van der Waals surface area contributed by atoms with Crippen LogP contribution in [-0.2, 0) is 16.1 Å². The number of nitrogens with zero attached hydrogens (tertiary/aromatic N) is 2. The summed E-state index contributed by atoms with van der Waals surface area (Å²) >= 11 is 0. The summed E-state index contributed by atoms with van der Waals surface area (Å²) < 4.78 is 19.3. The third kappa shape index (κ3) is 5.66. The second-order valence-corrected chi connectivity index (χ2v) is 6.44. The third-order valence-electron chi connectivity index (χ3n) is 4.38. The molecule has 9 heteroatoms. The van der Waals surface area contributed by atoms with Crippen LogP contribution in [0.4, 0.5) is 4.39 Å². The van der Waals surface area contributed by atoms with Crippen molar-refractivity contribution in [2.75, 3.05) is 6.61 Å². The van der Waals surface area contributed by atoms with Crippen LogP contribution in [0.15, 0.2) is 55.0 Å². The van der Waals surface area contributed by atoms with Crippen LogP contribution in [0.5, 0.6) is 0 Å². The number of aliphatic hydroxyl groups excluding tert-OH is 1. The lowest BCUT2D eigenvalue weighted by Crippen LogP contribution is -2.49. The minimum atomic E-state index is -0.718. The number of amides is 2. The Bertz CT molecular complexity index is 878. The molecule has 0 unspecified atom stereocenters. The average Bonchev–Trinajstić information content (AvgIpc) is 2.74.